The van der Waals surface area contributed by atoms with E-state index in [0.29, 0.717) is 35.0 Å². The number of ether oxygens (including phenoxy) is 1. The van der Waals surface area contributed by atoms with Crippen molar-refractivity contribution in [2.75, 3.05) is 12.4 Å². The van der Waals surface area contributed by atoms with Crippen molar-refractivity contribution in [1.29, 1.82) is 0 Å². The summed E-state index contributed by atoms with van der Waals surface area (Å²) < 4.78 is 11.3. The van der Waals surface area contributed by atoms with Gasteiger partial charge in [0.15, 0.2) is 0 Å². The molecule has 1 saturated heterocycles. The molecule has 2 amide bonds. The van der Waals surface area contributed by atoms with Gasteiger partial charge in [0.05, 0.1) is 30.9 Å². The lowest BCUT2D eigenvalue weighted by Gasteiger charge is -2.13. The summed E-state index contributed by atoms with van der Waals surface area (Å²) in [7, 11) is 1.63. The second kappa shape index (κ2) is 9.85. The average molecular weight is 450 g/mol. The van der Waals surface area contributed by atoms with Crippen LogP contribution in [-0.2, 0) is 16.1 Å². The average Bonchev–Trinajstić information content (AvgIpc) is 3.44. The highest BCUT2D eigenvalue weighted by Gasteiger charge is 2.31. The van der Waals surface area contributed by atoms with Crippen molar-refractivity contribution in [3.63, 3.8) is 0 Å². The summed E-state index contributed by atoms with van der Waals surface area (Å²) in [5.41, 5.74) is 9.16. The normalized spacial score (nSPS) is 17.5. The molecule has 3 aromatic rings. The third-order valence-corrected chi connectivity index (χ3v) is 5.52. The van der Waals surface area contributed by atoms with Crippen LogP contribution in [0.5, 0.6) is 5.75 Å². The van der Waals surface area contributed by atoms with Crippen LogP contribution < -0.4 is 26.2 Å². The molecular weight excluding hydrogens is 422 g/mol. The second-order valence-electron chi connectivity index (χ2n) is 7.84. The SMILES string of the molecule is COc1ccccc1C1CC(C(=O)NCc2nc(-c3ccccc3NC(C)=O)oc2C)NN1. The van der Waals surface area contributed by atoms with Gasteiger partial charge >= 0.3 is 0 Å². The van der Waals surface area contributed by atoms with Crippen LogP contribution in [0.4, 0.5) is 5.69 Å². The van der Waals surface area contributed by atoms with Gasteiger partial charge in [-0.2, -0.15) is 0 Å². The number of benzene rings is 2. The minimum atomic E-state index is -0.396. The van der Waals surface area contributed by atoms with Crippen LogP contribution in [0, 0.1) is 6.92 Å². The van der Waals surface area contributed by atoms with Gasteiger partial charge in [0.1, 0.15) is 23.2 Å². The molecule has 1 aromatic heterocycles. The molecule has 0 aliphatic carbocycles. The van der Waals surface area contributed by atoms with Crippen LogP contribution in [0.2, 0.25) is 0 Å². The highest BCUT2D eigenvalue weighted by molar-refractivity contribution is 5.93. The molecule has 1 aliphatic heterocycles. The Hall–Kier alpha value is -3.69. The Kier molecular flexibility index (Phi) is 6.71. The van der Waals surface area contributed by atoms with Gasteiger partial charge in [-0.3, -0.25) is 9.59 Å². The third kappa shape index (κ3) is 5.05. The van der Waals surface area contributed by atoms with E-state index in [9.17, 15) is 9.59 Å². The Morgan fingerprint density at radius 3 is 2.70 bits per heavy atom. The van der Waals surface area contributed by atoms with Gasteiger partial charge in [-0.25, -0.2) is 15.8 Å². The zero-order chi connectivity index (χ0) is 23.4. The van der Waals surface area contributed by atoms with E-state index in [-0.39, 0.29) is 24.4 Å². The summed E-state index contributed by atoms with van der Waals surface area (Å²) in [6, 6.07) is 14.6. The number of aryl methyl sites for hydroxylation is 1. The van der Waals surface area contributed by atoms with Crippen LogP contribution in [0.25, 0.3) is 11.5 Å². The minimum Gasteiger partial charge on any atom is -0.496 e. The lowest BCUT2D eigenvalue weighted by molar-refractivity contribution is -0.123. The molecule has 2 atom stereocenters. The fourth-order valence-corrected chi connectivity index (χ4v) is 3.86. The van der Waals surface area contributed by atoms with Crippen molar-refractivity contribution >= 4 is 17.5 Å². The zero-order valence-electron chi connectivity index (χ0n) is 18.8. The lowest BCUT2D eigenvalue weighted by Crippen LogP contribution is -2.43. The Balaban J connectivity index is 1.40. The largest absolute Gasteiger partial charge is 0.496 e. The molecule has 0 spiro atoms. The van der Waals surface area contributed by atoms with Crippen molar-refractivity contribution < 1.29 is 18.7 Å². The summed E-state index contributed by atoms with van der Waals surface area (Å²) in [5.74, 6) is 1.46. The molecule has 172 valence electrons. The van der Waals surface area contributed by atoms with Crippen molar-refractivity contribution in [3.8, 4) is 17.2 Å². The van der Waals surface area contributed by atoms with E-state index in [1.807, 2.05) is 42.5 Å². The maximum Gasteiger partial charge on any atom is 0.238 e. The highest BCUT2D eigenvalue weighted by atomic mass is 16.5. The number of aromatic nitrogens is 1. The van der Waals surface area contributed by atoms with Crippen molar-refractivity contribution in [3.05, 3.63) is 65.5 Å². The molecule has 9 nitrogen and oxygen atoms in total. The van der Waals surface area contributed by atoms with Crippen molar-refractivity contribution in [2.45, 2.75) is 38.9 Å². The highest BCUT2D eigenvalue weighted by Crippen LogP contribution is 2.30. The number of hydrazine groups is 1. The minimum absolute atomic E-state index is 0.0393. The number of oxazole rings is 1. The number of carbonyl (C=O) groups is 2. The van der Waals surface area contributed by atoms with Gasteiger partial charge in [0.25, 0.3) is 0 Å². The molecule has 0 bridgehead atoms. The van der Waals surface area contributed by atoms with Gasteiger partial charge in [0.2, 0.25) is 17.7 Å². The molecule has 4 rings (SSSR count). The number of hydrogen-bond acceptors (Lipinski definition) is 7. The molecule has 0 radical (unpaired) electrons. The first-order valence-electron chi connectivity index (χ1n) is 10.7. The van der Waals surface area contributed by atoms with E-state index in [1.54, 1.807) is 20.1 Å². The number of nitrogens with one attached hydrogen (secondary N) is 4. The fourth-order valence-electron chi connectivity index (χ4n) is 3.86. The predicted octanol–water partition coefficient (Wildman–Crippen LogP) is 2.84. The third-order valence-electron chi connectivity index (χ3n) is 5.52. The smallest absolute Gasteiger partial charge is 0.238 e. The fraction of sp³-hybridized carbons (Fsp3) is 0.292. The van der Waals surface area contributed by atoms with E-state index in [4.69, 9.17) is 9.15 Å². The summed E-state index contributed by atoms with van der Waals surface area (Å²) in [4.78, 5) is 28.8. The summed E-state index contributed by atoms with van der Waals surface area (Å²) in [6.07, 6.45) is 0.583. The maximum atomic E-state index is 12.8. The first-order chi connectivity index (χ1) is 16.0. The number of methoxy groups -OCH3 is 1. The number of para-hydroxylation sites is 2. The van der Waals surface area contributed by atoms with Crippen molar-refractivity contribution in [1.82, 2.24) is 21.2 Å². The number of nitrogens with zero attached hydrogens (tertiary/aromatic N) is 1. The lowest BCUT2D eigenvalue weighted by atomic mass is 10.0. The number of carbonyl (C=O) groups excluding carboxylic acids is 2. The van der Waals surface area contributed by atoms with Crippen LogP contribution in [0.3, 0.4) is 0 Å². The van der Waals surface area contributed by atoms with Gasteiger partial charge in [0, 0.05) is 12.5 Å². The maximum absolute atomic E-state index is 12.8. The summed E-state index contributed by atoms with van der Waals surface area (Å²) in [6.45, 7) is 3.48. The quantitative estimate of drug-likeness (QED) is 0.438. The molecule has 2 aromatic carbocycles. The monoisotopic (exact) mass is 449 g/mol. The zero-order valence-corrected chi connectivity index (χ0v) is 18.8. The topological polar surface area (TPSA) is 118 Å². The Bertz CT molecular complexity index is 1160. The molecular formula is C24H27N5O4. The molecule has 1 aliphatic rings. The predicted molar refractivity (Wildman–Crippen MR) is 123 cm³/mol. The van der Waals surface area contributed by atoms with Crippen LogP contribution in [0.15, 0.2) is 52.9 Å². The first-order valence-corrected chi connectivity index (χ1v) is 10.7. The van der Waals surface area contributed by atoms with Crippen LogP contribution >= 0.6 is 0 Å². The molecule has 2 unspecified atom stereocenters. The number of amides is 2. The molecule has 4 N–H and O–H groups in total. The van der Waals surface area contributed by atoms with E-state index < -0.39 is 6.04 Å². The number of rotatable bonds is 7. The molecule has 2 heterocycles. The first kappa shape index (κ1) is 22.5. The van der Waals surface area contributed by atoms with E-state index in [1.165, 1.54) is 6.92 Å². The summed E-state index contributed by atoms with van der Waals surface area (Å²) in [5, 5.41) is 5.71. The molecule has 33 heavy (non-hydrogen) atoms. The molecule has 0 saturated carbocycles. The van der Waals surface area contributed by atoms with Gasteiger partial charge in [-0.15, -0.1) is 0 Å². The molecule has 9 heteroatoms. The standard InChI is InChI=1S/C24H27N5O4/c1-14-21(27-24(33-14)17-9-4-6-10-18(17)26-15(2)30)13-25-23(31)20-12-19(28-29-20)16-8-5-7-11-22(16)32-3/h4-11,19-20,28-29H,12-13H2,1-3H3,(H,25,31)(H,26,30). The van der Waals surface area contributed by atoms with Gasteiger partial charge in [-0.05, 0) is 31.5 Å². The molecule has 1 fully saturated rings. The van der Waals surface area contributed by atoms with Crippen LogP contribution in [-0.4, -0.2) is 29.9 Å². The Morgan fingerprint density at radius 1 is 1.15 bits per heavy atom. The van der Waals surface area contributed by atoms with E-state index in [0.717, 1.165) is 11.3 Å². The second-order valence-corrected chi connectivity index (χ2v) is 7.84. The van der Waals surface area contributed by atoms with Crippen molar-refractivity contribution in [2.24, 2.45) is 0 Å². The van der Waals surface area contributed by atoms with Crippen LogP contribution in [0.1, 0.15) is 36.4 Å². The number of hydrogen-bond donors (Lipinski definition) is 4. The Labute approximate surface area is 191 Å². The van der Waals surface area contributed by atoms with E-state index in [2.05, 4.69) is 26.5 Å². The Morgan fingerprint density at radius 2 is 1.91 bits per heavy atom. The number of anilines is 1. The summed E-state index contributed by atoms with van der Waals surface area (Å²) >= 11 is 0. The van der Waals surface area contributed by atoms with Gasteiger partial charge < -0.3 is 19.8 Å². The van der Waals surface area contributed by atoms with Gasteiger partial charge in [-0.1, -0.05) is 30.3 Å². The van der Waals surface area contributed by atoms with E-state index >= 15 is 0 Å².